The van der Waals surface area contributed by atoms with Gasteiger partial charge in [-0.3, -0.25) is 0 Å². The quantitative estimate of drug-likeness (QED) is 0.873. The summed E-state index contributed by atoms with van der Waals surface area (Å²) < 4.78 is 0.725. The van der Waals surface area contributed by atoms with Gasteiger partial charge in [0.15, 0.2) is 0 Å². The number of benzene rings is 1. The molecule has 1 nitrogen and oxygen atoms in total. The molecule has 1 unspecified atom stereocenters. The van der Waals surface area contributed by atoms with Gasteiger partial charge in [-0.25, -0.2) is 0 Å². The van der Waals surface area contributed by atoms with Gasteiger partial charge in [0.1, 0.15) is 6.10 Å². The van der Waals surface area contributed by atoms with Gasteiger partial charge in [0.05, 0.1) is 4.34 Å². The van der Waals surface area contributed by atoms with Crippen LogP contribution in [0.4, 0.5) is 0 Å². The van der Waals surface area contributed by atoms with Crippen LogP contribution < -0.4 is 0 Å². The molecule has 1 atom stereocenters. The monoisotopic (exact) mass is 264 g/mol. The third kappa shape index (κ3) is 2.25. The van der Waals surface area contributed by atoms with Crippen LogP contribution in [0.25, 0.3) is 0 Å². The summed E-state index contributed by atoms with van der Waals surface area (Å²) in [6.07, 6.45) is 1.95. The summed E-state index contributed by atoms with van der Waals surface area (Å²) in [5.41, 5.74) is 2.33. The smallest absolute Gasteiger partial charge is 0.114 e. The number of rotatable bonds is 3. The number of hydrogen-bond donors (Lipinski definition) is 1. The molecule has 1 aliphatic rings. The van der Waals surface area contributed by atoms with Crippen LogP contribution in [0.2, 0.25) is 4.34 Å². The molecule has 0 bridgehead atoms. The van der Waals surface area contributed by atoms with Crippen LogP contribution in [-0.4, -0.2) is 5.11 Å². The zero-order valence-corrected chi connectivity index (χ0v) is 10.8. The molecule has 17 heavy (non-hydrogen) atoms. The molecular formula is C14H13ClOS. The topological polar surface area (TPSA) is 20.2 Å². The predicted octanol–water partition coefficient (Wildman–Crippen LogP) is 4.36. The second-order valence-electron chi connectivity index (χ2n) is 4.45. The van der Waals surface area contributed by atoms with E-state index in [1.807, 2.05) is 30.3 Å². The fourth-order valence-corrected chi connectivity index (χ4v) is 3.22. The summed E-state index contributed by atoms with van der Waals surface area (Å²) in [5, 5.41) is 10.4. The van der Waals surface area contributed by atoms with E-state index in [9.17, 15) is 5.11 Å². The van der Waals surface area contributed by atoms with E-state index in [1.54, 1.807) is 0 Å². The van der Waals surface area contributed by atoms with E-state index in [-0.39, 0.29) is 0 Å². The molecule has 0 spiro atoms. The van der Waals surface area contributed by atoms with Crippen LogP contribution in [0.1, 0.15) is 40.9 Å². The van der Waals surface area contributed by atoms with E-state index in [0.29, 0.717) is 5.92 Å². The lowest BCUT2D eigenvalue weighted by atomic mass is 9.98. The molecule has 0 saturated heterocycles. The van der Waals surface area contributed by atoms with Crippen molar-refractivity contribution in [3.05, 3.63) is 56.7 Å². The SMILES string of the molecule is OC(c1ccc(Cl)s1)c1ccccc1C1CC1. The van der Waals surface area contributed by atoms with Gasteiger partial charge in [-0.2, -0.15) is 0 Å². The number of hydrogen-bond acceptors (Lipinski definition) is 2. The van der Waals surface area contributed by atoms with E-state index in [0.717, 1.165) is 14.8 Å². The maximum Gasteiger partial charge on any atom is 0.114 e. The zero-order valence-electron chi connectivity index (χ0n) is 9.27. The maximum atomic E-state index is 10.4. The minimum absolute atomic E-state index is 0.538. The minimum atomic E-state index is -0.538. The highest BCUT2D eigenvalue weighted by Gasteiger charge is 2.28. The summed E-state index contributed by atoms with van der Waals surface area (Å²) >= 11 is 7.36. The predicted molar refractivity (Wildman–Crippen MR) is 71.8 cm³/mol. The normalized spacial score (nSPS) is 17.1. The lowest BCUT2D eigenvalue weighted by Gasteiger charge is -2.13. The Bertz CT molecular complexity index is 531. The number of halogens is 1. The lowest BCUT2D eigenvalue weighted by molar-refractivity contribution is 0.223. The number of thiophene rings is 1. The molecule has 1 N–H and O–H groups in total. The van der Waals surface area contributed by atoms with Gasteiger partial charge in [-0.15, -0.1) is 11.3 Å². The average Bonchev–Trinajstić information content (AvgIpc) is 3.11. The lowest BCUT2D eigenvalue weighted by Crippen LogP contribution is -2.01. The molecule has 1 aliphatic carbocycles. The molecule has 0 aliphatic heterocycles. The summed E-state index contributed by atoms with van der Waals surface area (Å²) in [6.45, 7) is 0. The molecule has 3 rings (SSSR count). The van der Waals surface area contributed by atoms with Crippen LogP contribution in [0.15, 0.2) is 36.4 Å². The molecule has 2 aromatic rings. The van der Waals surface area contributed by atoms with Gasteiger partial charge in [-0.1, -0.05) is 35.9 Å². The summed E-state index contributed by atoms with van der Waals surface area (Å²) in [5.74, 6) is 0.649. The highest BCUT2D eigenvalue weighted by molar-refractivity contribution is 7.16. The van der Waals surface area contributed by atoms with Crippen molar-refractivity contribution in [2.24, 2.45) is 0 Å². The molecule has 1 heterocycles. The van der Waals surface area contributed by atoms with Crippen molar-refractivity contribution in [1.82, 2.24) is 0 Å². The number of aliphatic hydroxyl groups is 1. The Morgan fingerprint density at radius 2 is 1.94 bits per heavy atom. The van der Waals surface area contributed by atoms with Crippen molar-refractivity contribution >= 4 is 22.9 Å². The first-order chi connectivity index (χ1) is 8.25. The van der Waals surface area contributed by atoms with Gasteiger partial charge >= 0.3 is 0 Å². The molecule has 1 aromatic carbocycles. The maximum absolute atomic E-state index is 10.4. The van der Waals surface area contributed by atoms with E-state index in [4.69, 9.17) is 11.6 Å². The van der Waals surface area contributed by atoms with E-state index < -0.39 is 6.10 Å². The molecule has 1 aromatic heterocycles. The van der Waals surface area contributed by atoms with Crippen molar-refractivity contribution in [2.45, 2.75) is 24.9 Å². The largest absolute Gasteiger partial charge is 0.383 e. The Kier molecular flexibility index (Phi) is 2.95. The van der Waals surface area contributed by atoms with Crippen molar-refractivity contribution in [3.63, 3.8) is 0 Å². The molecular weight excluding hydrogens is 252 g/mol. The van der Waals surface area contributed by atoms with Crippen LogP contribution in [-0.2, 0) is 0 Å². The van der Waals surface area contributed by atoms with Crippen molar-refractivity contribution in [1.29, 1.82) is 0 Å². The van der Waals surface area contributed by atoms with Gasteiger partial charge < -0.3 is 5.11 Å². The standard InChI is InChI=1S/C14H13ClOS/c15-13-8-7-12(17-13)14(16)11-4-2-1-3-10(11)9-5-6-9/h1-4,7-9,14,16H,5-6H2. The average molecular weight is 265 g/mol. The molecule has 0 amide bonds. The molecule has 1 saturated carbocycles. The molecule has 3 heteroatoms. The van der Waals surface area contributed by atoms with Gasteiger partial charge in [0.2, 0.25) is 0 Å². The fraction of sp³-hybridized carbons (Fsp3) is 0.286. The minimum Gasteiger partial charge on any atom is -0.383 e. The third-order valence-electron chi connectivity index (χ3n) is 3.17. The Labute approximate surface area is 110 Å². The summed E-state index contributed by atoms with van der Waals surface area (Å²) in [4.78, 5) is 0.920. The van der Waals surface area contributed by atoms with Crippen molar-refractivity contribution < 1.29 is 5.11 Å². The second-order valence-corrected chi connectivity index (χ2v) is 6.19. The Balaban J connectivity index is 1.98. The molecule has 0 radical (unpaired) electrons. The van der Waals surface area contributed by atoms with Crippen LogP contribution in [0, 0.1) is 0 Å². The first kappa shape index (κ1) is 11.3. The zero-order chi connectivity index (χ0) is 11.8. The summed E-state index contributed by atoms with van der Waals surface area (Å²) in [6, 6.07) is 11.9. The van der Waals surface area contributed by atoms with Gasteiger partial charge in [-0.05, 0) is 42.0 Å². The third-order valence-corrected chi connectivity index (χ3v) is 4.45. The van der Waals surface area contributed by atoms with Crippen molar-refractivity contribution in [2.75, 3.05) is 0 Å². The first-order valence-electron chi connectivity index (χ1n) is 5.78. The van der Waals surface area contributed by atoms with E-state index in [1.165, 1.54) is 29.7 Å². The highest BCUT2D eigenvalue weighted by atomic mass is 35.5. The Hall–Kier alpha value is -0.830. The number of aliphatic hydroxyl groups excluding tert-OH is 1. The Morgan fingerprint density at radius 3 is 2.59 bits per heavy atom. The highest BCUT2D eigenvalue weighted by Crippen LogP contribution is 2.44. The van der Waals surface area contributed by atoms with E-state index >= 15 is 0 Å². The van der Waals surface area contributed by atoms with Crippen molar-refractivity contribution in [3.8, 4) is 0 Å². The van der Waals surface area contributed by atoms with E-state index in [2.05, 4.69) is 6.07 Å². The fourth-order valence-electron chi connectivity index (χ4n) is 2.15. The van der Waals surface area contributed by atoms with Crippen LogP contribution in [0.5, 0.6) is 0 Å². The molecule has 1 fully saturated rings. The summed E-state index contributed by atoms with van der Waals surface area (Å²) in [7, 11) is 0. The van der Waals surface area contributed by atoms with Gasteiger partial charge in [0, 0.05) is 4.88 Å². The van der Waals surface area contributed by atoms with Gasteiger partial charge in [0.25, 0.3) is 0 Å². The van der Waals surface area contributed by atoms with Crippen LogP contribution >= 0.6 is 22.9 Å². The first-order valence-corrected chi connectivity index (χ1v) is 6.97. The molecule has 88 valence electrons. The van der Waals surface area contributed by atoms with Crippen LogP contribution in [0.3, 0.4) is 0 Å². The second kappa shape index (κ2) is 4.45. The Morgan fingerprint density at radius 1 is 1.18 bits per heavy atom.